The molecule has 3 aliphatic heterocycles. The van der Waals surface area contributed by atoms with Crippen LogP contribution >= 0.6 is 11.6 Å². The molecule has 1 saturated heterocycles. The Morgan fingerprint density at radius 3 is 1.74 bits per heavy atom. The normalized spacial score (nSPS) is 16.2. The Kier molecular flexibility index (Phi) is 9.44. The van der Waals surface area contributed by atoms with Crippen LogP contribution in [-0.4, -0.2) is 40.8 Å². The van der Waals surface area contributed by atoms with Gasteiger partial charge in [-0.15, -0.1) is 5.06 Å². The Balaban J connectivity index is 0.000000371. The quantitative estimate of drug-likeness (QED) is 0.0729. The molecule has 3 aliphatic rings. The van der Waals surface area contributed by atoms with Crippen LogP contribution < -0.4 is 14.2 Å². The molecule has 1 atom stereocenters. The van der Waals surface area contributed by atoms with Crippen LogP contribution in [0.2, 0.25) is 5.02 Å². The molecule has 1 unspecified atom stereocenters. The zero-order valence-corrected chi connectivity index (χ0v) is 32.2. The third-order valence-corrected chi connectivity index (χ3v) is 10.4. The van der Waals surface area contributed by atoms with Gasteiger partial charge in [0.1, 0.15) is 17.2 Å². The molecule has 3 heterocycles. The first kappa shape index (κ1) is 37.9. The van der Waals surface area contributed by atoms with Gasteiger partial charge in [0.25, 0.3) is 11.8 Å². The Morgan fingerprint density at radius 2 is 1.16 bits per heavy atom. The maximum absolute atomic E-state index is 13.6. The van der Waals surface area contributed by atoms with Crippen LogP contribution in [0.3, 0.4) is 0 Å². The van der Waals surface area contributed by atoms with E-state index in [0.717, 1.165) is 39.6 Å². The van der Waals surface area contributed by atoms with Crippen molar-refractivity contribution in [2.75, 3.05) is 0 Å². The van der Waals surface area contributed by atoms with Gasteiger partial charge < -0.3 is 23.8 Å². The fourth-order valence-corrected chi connectivity index (χ4v) is 7.99. The van der Waals surface area contributed by atoms with Gasteiger partial charge in [0.05, 0.1) is 10.6 Å². The van der Waals surface area contributed by atoms with Crippen LogP contribution in [0.15, 0.2) is 97.1 Å². The lowest BCUT2D eigenvalue weighted by molar-refractivity contribution is -0.195. The largest absolute Gasteiger partial charge is 0.456 e. The minimum atomic E-state index is -1.49. The van der Waals surface area contributed by atoms with Gasteiger partial charge in [-0.25, -0.2) is 9.59 Å². The molecule has 6 aromatic carbocycles. The monoisotopic (exact) mass is 797 g/mol. The number of benzene rings is 6. The summed E-state index contributed by atoms with van der Waals surface area (Å²) in [6.45, 7) is 5.85. The molecule has 1 fully saturated rings. The summed E-state index contributed by atoms with van der Waals surface area (Å²) < 4.78 is 24.1. The van der Waals surface area contributed by atoms with Gasteiger partial charge in [-0.05, 0) is 52.2 Å². The number of nitrogens with zero attached hydrogens (tertiary/aromatic N) is 1. The summed E-state index contributed by atoms with van der Waals surface area (Å²) in [5, 5.41) is 4.67. The van der Waals surface area contributed by atoms with Gasteiger partial charge in [-0.2, -0.15) is 0 Å². The number of hydrogen-bond acceptors (Lipinski definition) is 11. The smallest absolute Gasteiger partial charge is 0.340 e. The zero-order chi connectivity index (χ0) is 41.0. The number of esters is 3. The second-order valence-corrected chi connectivity index (χ2v) is 14.2. The van der Waals surface area contributed by atoms with E-state index in [2.05, 4.69) is 23.9 Å². The molecule has 13 heteroatoms. The zero-order valence-electron chi connectivity index (χ0n) is 31.5. The molecule has 0 saturated carbocycles. The van der Waals surface area contributed by atoms with Gasteiger partial charge in [0.2, 0.25) is 0 Å². The van der Waals surface area contributed by atoms with E-state index in [0.29, 0.717) is 38.6 Å². The Morgan fingerprint density at radius 1 is 0.638 bits per heavy atom. The number of imide groups is 1. The predicted molar refractivity (Wildman–Crippen MR) is 210 cm³/mol. The molecule has 9 rings (SSSR count). The number of aryl methyl sites for hydroxylation is 1. The molecule has 58 heavy (non-hydrogen) atoms. The van der Waals surface area contributed by atoms with Crippen molar-refractivity contribution in [1.29, 1.82) is 0 Å². The van der Waals surface area contributed by atoms with E-state index < -0.39 is 41.3 Å². The number of carbonyl (C=O) groups is 6. The van der Waals surface area contributed by atoms with Crippen LogP contribution in [0.1, 0.15) is 66.2 Å². The molecule has 0 bridgehead atoms. The number of fused-ring (bicyclic) bond motifs is 8. The molecule has 6 aromatic rings. The predicted octanol–water partition coefficient (Wildman–Crippen LogP) is 8.65. The summed E-state index contributed by atoms with van der Waals surface area (Å²) in [6.07, 6.45) is 0.262. The first-order valence-corrected chi connectivity index (χ1v) is 18.5. The van der Waals surface area contributed by atoms with E-state index in [1.54, 1.807) is 24.3 Å². The second kappa shape index (κ2) is 14.5. The van der Waals surface area contributed by atoms with E-state index in [1.807, 2.05) is 54.6 Å². The van der Waals surface area contributed by atoms with Gasteiger partial charge in [-0.3, -0.25) is 19.2 Å². The molecule has 290 valence electrons. The third kappa shape index (κ3) is 6.27. The molecule has 0 radical (unpaired) electrons. The van der Waals surface area contributed by atoms with Gasteiger partial charge in [-0.1, -0.05) is 78.3 Å². The van der Waals surface area contributed by atoms with Crippen molar-refractivity contribution in [1.82, 2.24) is 5.06 Å². The van der Waals surface area contributed by atoms with Crippen molar-refractivity contribution < 1.29 is 52.6 Å². The highest BCUT2D eigenvalue weighted by Gasteiger charge is 2.54. The number of halogens is 1. The standard InChI is InChI=1S/C39H25ClO7.C6H7NO4/c1-20-23-10-4-6-12-25(23)37(26-13-7-5-11-24(20)26)28-16-30-34(18-33(28)44-21(2)41)46-35-19-36(45-22(3)42)32(40)17-31(35)39(30)29-15-9-8-14-27(29)38(43)47-39;1-4(8)11-7-5(9)2-3-6(7)10/h4-19H,1-3H3;2-3H2,1H3. The molecule has 0 N–H and O–H groups in total. The summed E-state index contributed by atoms with van der Waals surface area (Å²) >= 11 is 6.68. The van der Waals surface area contributed by atoms with Crippen LogP contribution in [0.4, 0.5) is 0 Å². The summed E-state index contributed by atoms with van der Waals surface area (Å²) in [6, 6.07) is 30.0. The summed E-state index contributed by atoms with van der Waals surface area (Å²) in [5.41, 5.74) is 3.05. The number of hydroxylamine groups is 2. The fourth-order valence-electron chi connectivity index (χ4n) is 7.79. The highest BCUT2D eigenvalue weighted by molar-refractivity contribution is 6.32. The van der Waals surface area contributed by atoms with Crippen molar-refractivity contribution in [3.8, 4) is 34.1 Å². The lowest BCUT2D eigenvalue weighted by atomic mass is 9.76. The van der Waals surface area contributed by atoms with Crippen LogP contribution in [0, 0.1) is 6.92 Å². The van der Waals surface area contributed by atoms with Crippen molar-refractivity contribution in [2.45, 2.75) is 46.1 Å². The summed E-state index contributed by atoms with van der Waals surface area (Å²) in [7, 11) is 0. The van der Waals surface area contributed by atoms with Crippen molar-refractivity contribution in [2.24, 2.45) is 0 Å². The molecule has 2 amide bonds. The molecule has 1 spiro atoms. The molecular weight excluding hydrogens is 766 g/mol. The molecule has 0 aliphatic carbocycles. The van der Waals surface area contributed by atoms with Gasteiger partial charge in [0.15, 0.2) is 11.4 Å². The van der Waals surface area contributed by atoms with E-state index in [9.17, 15) is 28.8 Å². The fraction of sp³-hybridized carbons (Fsp3) is 0.156. The second-order valence-electron chi connectivity index (χ2n) is 13.8. The Bertz CT molecular complexity index is 2740. The first-order chi connectivity index (χ1) is 27.8. The van der Waals surface area contributed by atoms with Crippen LogP contribution in [0.5, 0.6) is 23.0 Å². The lowest BCUT2D eigenvalue weighted by Gasteiger charge is -2.37. The van der Waals surface area contributed by atoms with Crippen molar-refractivity contribution in [3.05, 3.63) is 130 Å². The van der Waals surface area contributed by atoms with Crippen molar-refractivity contribution >= 4 is 68.8 Å². The average Bonchev–Trinajstić information content (AvgIpc) is 3.66. The maximum Gasteiger partial charge on any atom is 0.340 e. The SMILES string of the molecule is CC(=O)ON1C(=O)CCC1=O.CC(=O)Oc1cc2c(cc1Cl)C1(OC(=O)c3ccccc31)c1cc(-c3c4ccccc4c(C)c4ccccc34)c(OC(C)=O)cc1O2. The number of hydrogen-bond donors (Lipinski definition) is 0. The maximum atomic E-state index is 13.6. The highest BCUT2D eigenvalue weighted by Crippen LogP contribution is 2.59. The molecular formula is C45H32ClNO11. The van der Waals surface area contributed by atoms with Gasteiger partial charge in [0, 0.05) is 73.6 Å². The van der Waals surface area contributed by atoms with E-state index in [1.165, 1.54) is 19.9 Å². The number of ether oxygens (including phenoxy) is 4. The lowest BCUT2D eigenvalue weighted by Crippen LogP contribution is -2.33. The van der Waals surface area contributed by atoms with E-state index in [-0.39, 0.29) is 35.1 Å². The molecule has 0 aromatic heterocycles. The first-order valence-electron chi connectivity index (χ1n) is 18.1. The number of rotatable bonds is 4. The van der Waals surface area contributed by atoms with E-state index >= 15 is 0 Å². The Labute approximate surface area is 335 Å². The minimum absolute atomic E-state index is 0.0866. The third-order valence-electron chi connectivity index (χ3n) is 10.1. The number of amides is 2. The Hall–Kier alpha value is -7.05. The number of carbonyl (C=O) groups excluding carboxylic acids is 6. The topological polar surface area (TPSA) is 152 Å². The minimum Gasteiger partial charge on any atom is -0.456 e. The van der Waals surface area contributed by atoms with Crippen LogP contribution in [-0.2, 0) is 39.1 Å². The molecule has 12 nitrogen and oxygen atoms in total. The summed E-state index contributed by atoms with van der Waals surface area (Å²) in [4.78, 5) is 74.2. The van der Waals surface area contributed by atoms with Gasteiger partial charge >= 0.3 is 23.9 Å². The average molecular weight is 798 g/mol. The van der Waals surface area contributed by atoms with Crippen molar-refractivity contribution in [3.63, 3.8) is 0 Å². The highest BCUT2D eigenvalue weighted by atomic mass is 35.5. The van der Waals surface area contributed by atoms with Crippen LogP contribution in [0.25, 0.3) is 32.7 Å². The summed E-state index contributed by atoms with van der Waals surface area (Å²) in [5.74, 6) is -2.26. The van der Waals surface area contributed by atoms with E-state index in [4.69, 9.17) is 30.5 Å².